The molecule has 2 heterocycles. The smallest absolute Gasteiger partial charge is 0.241 e. The molecule has 1 amide bonds. The van der Waals surface area contributed by atoms with Gasteiger partial charge in [0.15, 0.2) is 9.84 Å². The number of sulfone groups is 1. The Morgan fingerprint density at radius 1 is 1.17 bits per heavy atom. The molecular formula is C15H13N3O3S2. The monoisotopic (exact) mass is 347 g/mol. The fourth-order valence-electron chi connectivity index (χ4n) is 2.06. The zero-order valence-electron chi connectivity index (χ0n) is 12.2. The van der Waals surface area contributed by atoms with Gasteiger partial charge in [0.05, 0.1) is 10.3 Å². The number of thiophene rings is 1. The van der Waals surface area contributed by atoms with Crippen LogP contribution in [-0.4, -0.2) is 30.0 Å². The molecule has 0 fully saturated rings. The van der Waals surface area contributed by atoms with Crippen molar-refractivity contribution in [3.63, 3.8) is 0 Å². The van der Waals surface area contributed by atoms with Gasteiger partial charge in [0, 0.05) is 0 Å². The summed E-state index contributed by atoms with van der Waals surface area (Å²) in [4.78, 5) is 21.0. The molecule has 0 spiro atoms. The maximum absolute atomic E-state index is 12.3. The Kier molecular flexibility index (Phi) is 4.10. The number of rotatable bonds is 4. The van der Waals surface area contributed by atoms with Gasteiger partial charge in [-0.05, 0) is 30.5 Å². The number of amides is 1. The number of carbonyl (C=O) groups excluding carboxylic acids is 1. The molecule has 0 atom stereocenters. The number of nitrogens with one attached hydrogen (secondary N) is 1. The number of hydrogen-bond donors (Lipinski definition) is 1. The third-order valence-corrected chi connectivity index (χ3v) is 5.67. The first-order valence-corrected chi connectivity index (χ1v) is 9.26. The average Bonchev–Trinajstić information content (AvgIpc) is 2.96. The summed E-state index contributed by atoms with van der Waals surface area (Å²) in [5.41, 5.74) is 0.953. The van der Waals surface area contributed by atoms with Crippen LogP contribution in [0.15, 0.2) is 46.9 Å². The molecule has 0 saturated carbocycles. The van der Waals surface area contributed by atoms with Gasteiger partial charge in [0.1, 0.15) is 22.7 Å². The lowest BCUT2D eigenvalue weighted by Crippen LogP contribution is -2.23. The predicted octanol–water partition coefficient (Wildman–Crippen LogP) is 2.41. The summed E-state index contributed by atoms with van der Waals surface area (Å²) in [6.45, 7) is 1.87. The van der Waals surface area contributed by atoms with Crippen LogP contribution >= 0.6 is 11.3 Å². The van der Waals surface area contributed by atoms with Gasteiger partial charge in [0.25, 0.3) is 0 Å². The Balaban J connectivity index is 1.79. The molecule has 0 aliphatic heterocycles. The molecule has 1 N–H and O–H groups in total. The number of carbonyl (C=O) groups is 1. The topological polar surface area (TPSA) is 89.0 Å². The standard InChI is InChI=1S/C15H13N3O3S2/c1-10-2-4-11(5-3-10)23(20,21)8-13(19)18-14-12-6-7-22-15(12)17-9-16-14/h2-7,9H,8H2,1H3,(H,16,17,18,19). The molecule has 6 nitrogen and oxygen atoms in total. The Hall–Kier alpha value is -2.32. The van der Waals surface area contributed by atoms with Crippen molar-refractivity contribution >= 4 is 43.1 Å². The quantitative estimate of drug-likeness (QED) is 0.783. The third kappa shape index (κ3) is 3.38. The molecule has 0 saturated heterocycles. The summed E-state index contributed by atoms with van der Waals surface area (Å²) in [6.07, 6.45) is 1.34. The fraction of sp³-hybridized carbons (Fsp3) is 0.133. The third-order valence-electron chi connectivity index (χ3n) is 3.22. The number of benzene rings is 1. The van der Waals surface area contributed by atoms with Crippen LogP contribution < -0.4 is 5.32 Å². The number of aromatic nitrogens is 2. The zero-order valence-corrected chi connectivity index (χ0v) is 13.8. The Morgan fingerprint density at radius 3 is 2.65 bits per heavy atom. The number of fused-ring (bicyclic) bond motifs is 1. The van der Waals surface area contributed by atoms with Crippen molar-refractivity contribution in [2.45, 2.75) is 11.8 Å². The molecule has 118 valence electrons. The van der Waals surface area contributed by atoms with Gasteiger partial charge in [-0.15, -0.1) is 11.3 Å². The van der Waals surface area contributed by atoms with E-state index in [1.165, 1.54) is 29.8 Å². The number of hydrogen-bond acceptors (Lipinski definition) is 6. The Labute approximate surface area is 137 Å². The second-order valence-corrected chi connectivity index (χ2v) is 7.87. The molecular weight excluding hydrogens is 334 g/mol. The van der Waals surface area contributed by atoms with E-state index in [1.54, 1.807) is 18.2 Å². The minimum Gasteiger partial charge on any atom is -0.309 e. The SMILES string of the molecule is Cc1ccc(S(=O)(=O)CC(=O)Nc2ncnc3sccc23)cc1. The van der Waals surface area contributed by atoms with Crippen LogP contribution in [0.3, 0.4) is 0 Å². The molecule has 0 aliphatic carbocycles. The molecule has 0 unspecified atom stereocenters. The first-order chi connectivity index (χ1) is 11.0. The second kappa shape index (κ2) is 6.05. The molecule has 0 bridgehead atoms. The first kappa shape index (κ1) is 15.6. The molecule has 2 aromatic heterocycles. The summed E-state index contributed by atoms with van der Waals surface area (Å²) >= 11 is 1.42. The average molecular weight is 347 g/mol. The lowest BCUT2D eigenvalue weighted by Gasteiger charge is -2.07. The molecule has 23 heavy (non-hydrogen) atoms. The summed E-state index contributed by atoms with van der Waals surface area (Å²) in [5.74, 6) is -0.941. The van der Waals surface area contributed by atoms with Gasteiger partial charge in [-0.3, -0.25) is 4.79 Å². The van der Waals surface area contributed by atoms with Crippen LogP contribution in [0.2, 0.25) is 0 Å². The Morgan fingerprint density at radius 2 is 1.91 bits per heavy atom. The van der Waals surface area contributed by atoms with Gasteiger partial charge in [-0.2, -0.15) is 0 Å². The fourth-order valence-corrected chi connectivity index (χ4v) is 3.93. The van der Waals surface area contributed by atoms with E-state index >= 15 is 0 Å². The largest absolute Gasteiger partial charge is 0.309 e. The van der Waals surface area contributed by atoms with Gasteiger partial charge in [-0.25, -0.2) is 18.4 Å². The van der Waals surface area contributed by atoms with Crippen LogP contribution in [0.4, 0.5) is 5.82 Å². The van der Waals surface area contributed by atoms with Crippen molar-refractivity contribution in [3.8, 4) is 0 Å². The van der Waals surface area contributed by atoms with E-state index in [1.807, 2.05) is 12.3 Å². The summed E-state index contributed by atoms with van der Waals surface area (Å²) < 4.78 is 24.5. The van der Waals surface area contributed by atoms with Crippen molar-refractivity contribution in [1.29, 1.82) is 0 Å². The van der Waals surface area contributed by atoms with Gasteiger partial charge in [0.2, 0.25) is 5.91 Å². The van der Waals surface area contributed by atoms with E-state index in [4.69, 9.17) is 0 Å². The first-order valence-electron chi connectivity index (χ1n) is 6.73. The van der Waals surface area contributed by atoms with Crippen molar-refractivity contribution in [1.82, 2.24) is 9.97 Å². The van der Waals surface area contributed by atoms with Crippen molar-refractivity contribution < 1.29 is 13.2 Å². The zero-order chi connectivity index (χ0) is 16.4. The van der Waals surface area contributed by atoms with E-state index in [0.717, 1.165) is 10.4 Å². The minimum absolute atomic E-state index is 0.126. The summed E-state index contributed by atoms with van der Waals surface area (Å²) in [7, 11) is -3.69. The van der Waals surface area contributed by atoms with E-state index in [9.17, 15) is 13.2 Å². The highest BCUT2D eigenvalue weighted by Crippen LogP contribution is 2.23. The van der Waals surface area contributed by atoms with E-state index in [-0.39, 0.29) is 4.90 Å². The van der Waals surface area contributed by atoms with Crippen LogP contribution in [0.25, 0.3) is 10.2 Å². The van der Waals surface area contributed by atoms with E-state index in [2.05, 4.69) is 15.3 Å². The Bertz CT molecular complexity index is 963. The molecule has 0 radical (unpaired) electrons. The predicted molar refractivity (Wildman–Crippen MR) is 89.3 cm³/mol. The van der Waals surface area contributed by atoms with Gasteiger partial charge >= 0.3 is 0 Å². The lowest BCUT2D eigenvalue weighted by atomic mass is 10.2. The highest BCUT2D eigenvalue weighted by molar-refractivity contribution is 7.92. The number of nitrogens with zero attached hydrogens (tertiary/aromatic N) is 2. The highest BCUT2D eigenvalue weighted by atomic mass is 32.2. The molecule has 0 aliphatic rings. The van der Waals surface area contributed by atoms with Crippen LogP contribution in [0.1, 0.15) is 5.56 Å². The minimum atomic E-state index is -3.69. The van der Waals surface area contributed by atoms with E-state index in [0.29, 0.717) is 11.2 Å². The molecule has 8 heteroatoms. The maximum atomic E-state index is 12.3. The maximum Gasteiger partial charge on any atom is 0.241 e. The number of aryl methyl sites for hydroxylation is 1. The van der Waals surface area contributed by atoms with Crippen molar-refractivity contribution in [2.24, 2.45) is 0 Å². The summed E-state index contributed by atoms with van der Waals surface area (Å²) in [5, 5.41) is 5.07. The normalized spacial score (nSPS) is 11.5. The van der Waals surface area contributed by atoms with E-state index < -0.39 is 21.5 Å². The molecule has 3 rings (SSSR count). The van der Waals surface area contributed by atoms with Gasteiger partial charge < -0.3 is 5.32 Å². The van der Waals surface area contributed by atoms with Crippen molar-refractivity contribution in [2.75, 3.05) is 11.1 Å². The number of anilines is 1. The van der Waals surface area contributed by atoms with Crippen LogP contribution in [-0.2, 0) is 14.6 Å². The molecule has 1 aromatic carbocycles. The highest BCUT2D eigenvalue weighted by Gasteiger charge is 2.20. The lowest BCUT2D eigenvalue weighted by molar-refractivity contribution is -0.113. The van der Waals surface area contributed by atoms with Crippen molar-refractivity contribution in [3.05, 3.63) is 47.6 Å². The summed E-state index contributed by atoms with van der Waals surface area (Å²) in [6, 6.07) is 8.18. The second-order valence-electron chi connectivity index (χ2n) is 4.98. The van der Waals surface area contributed by atoms with Crippen LogP contribution in [0.5, 0.6) is 0 Å². The van der Waals surface area contributed by atoms with Crippen LogP contribution in [0, 0.1) is 6.92 Å². The molecule has 3 aromatic rings. The van der Waals surface area contributed by atoms with Gasteiger partial charge in [-0.1, -0.05) is 17.7 Å².